The molecule has 5 heteroatoms. The number of likely N-dealkylation sites (tertiary alicyclic amines) is 1. The normalized spacial score (nSPS) is 17.0. The molecule has 0 aliphatic carbocycles. The molecule has 1 fully saturated rings. The van der Waals surface area contributed by atoms with E-state index in [9.17, 15) is 4.79 Å². The van der Waals surface area contributed by atoms with Gasteiger partial charge in [0, 0.05) is 35.9 Å². The minimum Gasteiger partial charge on any atom is -0.465 e. The third kappa shape index (κ3) is 4.11. The fourth-order valence-corrected chi connectivity index (χ4v) is 2.87. The summed E-state index contributed by atoms with van der Waals surface area (Å²) in [6.45, 7) is 6.61. The van der Waals surface area contributed by atoms with E-state index in [0.717, 1.165) is 31.6 Å². The van der Waals surface area contributed by atoms with Crippen LogP contribution in [-0.2, 0) is 4.74 Å². The number of hydrogen-bond acceptors (Lipinski definition) is 4. The van der Waals surface area contributed by atoms with Crippen molar-refractivity contribution < 1.29 is 9.53 Å². The Morgan fingerprint density at radius 3 is 2.62 bits per heavy atom. The molecule has 0 bridgehead atoms. The fraction of sp³-hybridized carbons (Fsp3) is 0.562. The van der Waals surface area contributed by atoms with Crippen molar-refractivity contribution in [3.05, 3.63) is 28.8 Å². The SMILES string of the molecule is COC(=O)c1cc(Cl)ccc1NC1CCN(C(C)C)CC1. The second-order valence-corrected chi connectivity index (χ2v) is 6.17. The number of ether oxygens (including phenoxy) is 1. The van der Waals surface area contributed by atoms with Gasteiger partial charge >= 0.3 is 5.97 Å². The zero-order valence-corrected chi connectivity index (χ0v) is 13.6. The van der Waals surface area contributed by atoms with E-state index in [4.69, 9.17) is 16.3 Å². The Balaban J connectivity index is 2.05. The van der Waals surface area contributed by atoms with Gasteiger partial charge in [-0.1, -0.05) is 11.6 Å². The van der Waals surface area contributed by atoms with E-state index >= 15 is 0 Å². The third-order valence-electron chi connectivity index (χ3n) is 4.01. The van der Waals surface area contributed by atoms with Crippen LogP contribution < -0.4 is 5.32 Å². The minimum absolute atomic E-state index is 0.361. The van der Waals surface area contributed by atoms with Gasteiger partial charge < -0.3 is 15.0 Å². The van der Waals surface area contributed by atoms with Crippen molar-refractivity contribution in [3.63, 3.8) is 0 Å². The second-order valence-electron chi connectivity index (χ2n) is 5.73. The first-order valence-electron chi connectivity index (χ1n) is 7.39. The van der Waals surface area contributed by atoms with E-state index in [1.54, 1.807) is 12.1 Å². The summed E-state index contributed by atoms with van der Waals surface area (Å²) in [4.78, 5) is 14.3. The predicted molar refractivity (Wildman–Crippen MR) is 86.1 cm³/mol. The lowest BCUT2D eigenvalue weighted by Gasteiger charge is -2.35. The fourth-order valence-electron chi connectivity index (χ4n) is 2.70. The predicted octanol–water partition coefficient (Wildman–Crippen LogP) is 3.41. The summed E-state index contributed by atoms with van der Waals surface area (Å²) in [5.41, 5.74) is 1.30. The van der Waals surface area contributed by atoms with Crippen LogP contribution in [0.4, 0.5) is 5.69 Å². The first-order valence-corrected chi connectivity index (χ1v) is 7.77. The van der Waals surface area contributed by atoms with Gasteiger partial charge in [0.1, 0.15) is 0 Å². The van der Waals surface area contributed by atoms with E-state index in [-0.39, 0.29) is 5.97 Å². The zero-order valence-electron chi connectivity index (χ0n) is 12.9. The Labute approximate surface area is 131 Å². The van der Waals surface area contributed by atoms with Crippen LogP contribution >= 0.6 is 11.6 Å². The van der Waals surface area contributed by atoms with Crippen LogP contribution in [0.3, 0.4) is 0 Å². The number of esters is 1. The number of hydrogen-bond donors (Lipinski definition) is 1. The standard InChI is InChI=1S/C16H23ClN2O2/c1-11(2)19-8-6-13(7-9-19)18-15-5-4-12(17)10-14(15)16(20)21-3/h4-5,10-11,13,18H,6-9H2,1-3H3. The van der Waals surface area contributed by atoms with Crippen LogP contribution in [0.2, 0.25) is 5.02 Å². The van der Waals surface area contributed by atoms with Gasteiger partial charge in [-0.25, -0.2) is 4.79 Å². The lowest BCUT2D eigenvalue weighted by Crippen LogP contribution is -2.42. The molecule has 1 aromatic carbocycles. The van der Waals surface area contributed by atoms with E-state index in [1.807, 2.05) is 6.07 Å². The number of methoxy groups -OCH3 is 1. The Hall–Kier alpha value is -1.26. The topological polar surface area (TPSA) is 41.6 Å². The number of anilines is 1. The molecule has 1 N–H and O–H groups in total. The molecule has 0 amide bonds. The molecule has 0 radical (unpaired) electrons. The van der Waals surface area contributed by atoms with Crippen LogP contribution in [0.1, 0.15) is 37.0 Å². The molecular formula is C16H23ClN2O2. The average molecular weight is 311 g/mol. The van der Waals surface area contributed by atoms with Gasteiger partial charge in [-0.2, -0.15) is 0 Å². The number of benzene rings is 1. The highest BCUT2D eigenvalue weighted by Crippen LogP contribution is 2.24. The smallest absolute Gasteiger partial charge is 0.340 e. The van der Waals surface area contributed by atoms with Crippen molar-refractivity contribution in [1.29, 1.82) is 0 Å². The van der Waals surface area contributed by atoms with Crippen molar-refractivity contribution in [2.45, 2.75) is 38.8 Å². The number of rotatable bonds is 4. The van der Waals surface area contributed by atoms with Gasteiger partial charge in [-0.3, -0.25) is 0 Å². The molecule has 0 spiro atoms. The summed E-state index contributed by atoms with van der Waals surface area (Å²) in [6, 6.07) is 6.26. The lowest BCUT2D eigenvalue weighted by molar-refractivity contribution is 0.0601. The number of piperidine rings is 1. The number of carbonyl (C=O) groups is 1. The van der Waals surface area contributed by atoms with Crippen molar-refractivity contribution in [3.8, 4) is 0 Å². The maximum absolute atomic E-state index is 11.8. The Bertz CT molecular complexity index is 497. The van der Waals surface area contributed by atoms with E-state index in [1.165, 1.54) is 7.11 Å². The zero-order chi connectivity index (χ0) is 15.4. The van der Waals surface area contributed by atoms with Crippen LogP contribution in [0.15, 0.2) is 18.2 Å². The summed E-state index contributed by atoms with van der Waals surface area (Å²) < 4.78 is 4.82. The van der Waals surface area contributed by atoms with E-state index in [2.05, 4.69) is 24.1 Å². The van der Waals surface area contributed by atoms with Gasteiger partial charge in [-0.15, -0.1) is 0 Å². The first kappa shape index (κ1) is 16.1. The average Bonchev–Trinajstić information content (AvgIpc) is 2.48. The highest BCUT2D eigenvalue weighted by atomic mass is 35.5. The van der Waals surface area contributed by atoms with E-state index in [0.29, 0.717) is 22.7 Å². The molecule has 2 rings (SSSR count). The summed E-state index contributed by atoms with van der Waals surface area (Å²) in [7, 11) is 1.38. The van der Waals surface area contributed by atoms with Crippen LogP contribution in [-0.4, -0.2) is 43.2 Å². The van der Waals surface area contributed by atoms with Crippen LogP contribution in [0.25, 0.3) is 0 Å². The number of nitrogens with one attached hydrogen (secondary N) is 1. The highest BCUT2D eigenvalue weighted by molar-refractivity contribution is 6.31. The second kappa shape index (κ2) is 7.14. The maximum Gasteiger partial charge on any atom is 0.340 e. The van der Waals surface area contributed by atoms with Crippen molar-refractivity contribution in [2.75, 3.05) is 25.5 Å². The molecule has 4 nitrogen and oxygen atoms in total. The summed E-state index contributed by atoms with van der Waals surface area (Å²) in [5, 5.41) is 4.00. The highest BCUT2D eigenvalue weighted by Gasteiger charge is 2.22. The Kier molecular flexibility index (Phi) is 5.48. The molecule has 0 aromatic heterocycles. The summed E-state index contributed by atoms with van der Waals surface area (Å²) >= 11 is 5.97. The van der Waals surface area contributed by atoms with E-state index < -0.39 is 0 Å². The molecule has 1 aromatic rings. The van der Waals surface area contributed by atoms with Crippen molar-refractivity contribution in [1.82, 2.24) is 4.90 Å². The van der Waals surface area contributed by atoms with Crippen LogP contribution in [0.5, 0.6) is 0 Å². The Morgan fingerprint density at radius 2 is 2.05 bits per heavy atom. The molecule has 0 saturated carbocycles. The lowest BCUT2D eigenvalue weighted by atomic mass is 10.0. The summed E-state index contributed by atoms with van der Waals surface area (Å²) in [6.07, 6.45) is 2.14. The van der Waals surface area contributed by atoms with Gasteiger partial charge in [0.05, 0.1) is 12.7 Å². The van der Waals surface area contributed by atoms with Crippen molar-refractivity contribution >= 4 is 23.3 Å². The molecule has 116 valence electrons. The number of halogens is 1. The molecule has 1 aliphatic rings. The summed E-state index contributed by atoms with van der Waals surface area (Å²) in [5.74, 6) is -0.361. The van der Waals surface area contributed by atoms with Crippen LogP contribution in [0, 0.1) is 0 Å². The monoisotopic (exact) mass is 310 g/mol. The number of carbonyl (C=O) groups excluding carboxylic acids is 1. The maximum atomic E-state index is 11.8. The molecular weight excluding hydrogens is 288 g/mol. The largest absolute Gasteiger partial charge is 0.465 e. The minimum atomic E-state index is -0.361. The van der Waals surface area contributed by atoms with Gasteiger partial charge in [0.25, 0.3) is 0 Å². The molecule has 1 heterocycles. The Morgan fingerprint density at radius 1 is 1.38 bits per heavy atom. The molecule has 0 unspecified atom stereocenters. The van der Waals surface area contributed by atoms with Crippen molar-refractivity contribution in [2.24, 2.45) is 0 Å². The third-order valence-corrected chi connectivity index (χ3v) is 4.24. The number of nitrogens with zero attached hydrogens (tertiary/aromatic N) is 1. The molecule has 21 heavy (non-hydrogen) atoms. The van der Waals surface area contributed by atoms with Gasteiger partial charge in [-0.05, 0) is 44.9 Å². The van der Waals surface area contributed by atoms with Gasteiger partial charge in [0.2, 0.25) is 0 Å². The molecule has 1 aliphatic heterocycles. The molecule has 1 saturated heterocycles. The quantitative estimate of drug-likeness (QED) is 0.865. The molecule has 0 atom stereocenters. The first-order chi connectivity index (χ1) is 10.0. The van der Waals surface area contributed by atoms with Gasteiger partial charge in [0.15, 0.2) is 0 Å².